The first-order valence-electron chi connectivity index (χ1n) is 4.78. The van der Waals surface area contributed by atoms with Crippen LogP contribution in [0.4, 0.5) is 11.4 Å². The predicted molar refractivity (Wildman–Crippen MR) is 60.7 cm³/mol. The number of nitrogens with one attached hydrogen (secondary N) is 1. The number of rotatable bonds is 4. The minimum Gasteiger partial charge on any atom is -0.399 e. The zero-order valence-corrected chi connectivity index (χ0v) is 9.04. The van der Waals surface area contributed by atoms with Gasteiger partial charge in [0.1, 0.15) is 0 Å². The first kappa shape index (κ1) is 11.5. The van der Waals surface area contributed by atoms with Crippen molar-refractivity contribution < 1.29 is 9.53 Å². The Morgan fingerprint density at radius 3 is 2.87 bits per heavy atom. The molecular weight excluding hydrogens is 192 g/mol. The van der Waals surface area contributed by atoms with Gasteiger partial charge >= 0.3 is 0 Å². The van der Waals surface area contributed by atoms with E-state index in [1.54, 1.807) is 19.2 Å². The van der Waals surface area contributed by atoms with Crippen LogP contribution in [0.3, 0.4) is 0 Å². The average molecular weight is 208 g/mol. The summed E-state index contributed by atoms with van der Waals surface area (Å²) in [4.78, 5) is 11.3. The van der Waals surface area contributed by atoms with Crippen LogP contribution in [-0.4, -0.2) is 19.6 Å². The molecule has 0 aromatic heterocycles. The lowest BCUT2D eigenvalue weighted by Gasteiger charge is -2.07. The highest BCUT2D eigenvalue weighted by atomic mass is 16.5. The Balaban J connectivity index is 2.57. The van der Waals surface area contributed by atoms with Crippen LogP contribution < -0.4 is 11.1 Å². The molecule has 0 aliphatic carbocycles. The van der Waals surface area contributed by atoms with E-state index in [0.717, 1.165) is 16.9 Å². The van der Waals surface area contributed by atoms with Gasteiger partial charge in [-0.05, 0) is 30.7 Å². The van der Waals surface area contributed by atoms with Gasteiger partial charge in [-0.1, -0.05) is 0 Å². The van der Waals surface area contributed by atoms with Crippen molar-refractivity contribution in [3.63, 3.8) is 0 Å². The Morgan fingerprint density at radius 1 is 1.53 bits per heavy atom. The van der Waals surface area contributed by atoms with E-state index in [1.807, 2.05) is 13.0 Å². The average Bonchev–Trinajstić information content (AvgIpc) is 2.20. The number of hydrogen-bond donors (Lipinski definition) is 2. The van der Waals surface area contributed by atoms with E-state index in [9.17, 15) is 4.79 Å². The summed E-state index contributed by atoms with van der Waals surface area (Å²) in [6, 6.07) is 5.41. The fraction of sp³-hybridized carbons (Fsp3) is 0.364. The van der Waals surface area contributed by atoms with Gasteiger partial charge in [0, 0.05) is 18.5 Å². The summed E-state index contributed by atoms with van der Waals surface area (Å²) in [5.41, 5.74) is 8.12. The summed E-state index contributed by atoms with van der Waals surface area (Å²) in [6.07, 6.45) is 0.361. The van der Waals surface area contributed by atoms with Crippen LogP contribution in [0.15, 0.2) is 18.2 Å². The van der Waals surface area contributed by atoms with E-state index < -0.39 is 0 Å². The third-order valence-electron chi connectivity index (χ3n) is 2.09. The van der Waals surface area contributed by atoms with Crippen LogP contribution >= 0.6 is 0 Å². The lowest BCUT2D eigenvalue weighted by Crippen LogP contribution is -2.13. The van der Waals surface area contributed by atoms with Crippen molar-refractivity contribution in [1.29, 1.82) is 0 Å². The third kappa shape index (κ3) is 3.59. The van der Waals surface area contributed by atoms with Gasteiger partial charge in [0.2, 0.25) is 5.91 Å². The number of nitrogen functional groups attached to an aromatic ring is 1. The molecule has 3 N–H and O–H groups in total. The molecule has 0 saturated carbocycles. The van der Waals surface area contributed by atoms with Crippen LogP contribution in [0.2, 0.25) is 0 Å². The zero-order valence-electron chi connectivity index (χ0n) is 9.04. The monoisotopic (exact) mass is 208 g/mol. The van der Waals surface area contributed by atoms with Crippen LogP contribution in [-0.2, 0) is 9.53 Å². The van der Waals surface area contributed by atoms with Crippen LogP contribution in [0.5, 0.6) is 0 Å². The summed E-state index contributed by atoms with van der Waals surface area (Å²) in [5, 5.41) is 2.77. The Morgan fingerprint density at radius 2 is 2.27 bits per heavy atom. The third-order valence-corrected chi connectivity index (χ3v) is 2.09. The van der Waals surface area contributed by atoms with Gasteiger partial charge in [-0.15, -0.1) is 0 Å². The summed E-state index contributed by atoms with van der Waals surface area (Å²) in [6.45, 7) is 2.33. The highest BCUT2D eigenvalue weighted by molar-refractivity contribution is 5.91. The van der Waals surface area contributed by atoms with Gasteiger partial charge in [0.05, 0.1) is 13.0 Å². The molecule has 0 atom stereocenters. The van der Waals surface area contributed by atoms with Gasteiger partial charge in [0.15, 0.2) is 0 Å². The predicted octanol–water partition coefficient (Wildman–Crippen LogP) is 1.55. The Hall–Kier alpha value is -1.55. The van der Waals surface area contributed by atoms with Crippen LogP contribution in [0, 0.1) is 6.92 Å². The van der Waals surface area contributed by atoms with E-state index in [1.165, 1.54) is 0 Å². The molecule has 0 unspecified atom stereocenters. The largest absolute Gasteiger partial charge is 0.399 e. The number of nitrogens with two attached hydrogens (primary N) is 1. The van der Waals surface area contributed by atoms with E-state index in [4.69, 9.17) is 10.5 Å². The lowest BCUT2D eigenvalue weighted by molar-refractivity contribution is -0.117. The minimum atomic E-state index is -0.0546. The van der Waals surface area contributed by atoms with Crippen molar-refractivity contribution in [2.75, 3.05) is 24.8 Å². The molecule has 0 spiro atoms. The first-order chi connectivity index (χ1) is 7.13. The van der Waals surface area contributed by atoms with E-state index in [0.29, 0.717) is 13.0 Å². The topological polar surface area (TPSA) is 64.3 Å². The second-order valence-electron chi connectivity index (χ2n) is 3.36. The number of ether oxygens (including phenoxy) is 1. The van der Waals surface area contributed by atoms with Gasteiger partial charge in [0.25, 0.3) is 0 Å². The number of anilines is 2. The Bertz CT molecular complexity index is 350. The second-order valence-corrected chi connectivity index (χ2v) is 3.36. The summed E-state index contributed by atoms with van der Waals surface area (Å²) in [5.74, 6) is -0.0546. The van der Waals surface area contributed by atoms with E-state index in [-0.39, 0.29) is 5.91 Å². The molecule has 1 aromatic rings. The van der Waals surface area contributed by atoms with E-state index in [2.05, 4.69) is 5.32 Å². The summed E-state index contributed by atoms with van der Waals surface area (Å²) < 4.78 is 4.81. The molecule has 4 heteroatoms. The Kier molecular flexibility index (Phi) is 4.12. The normalized spacial score (nSPS) is 10.0. The molecule has 1 aromatic carbocycles. The molecule has 1 amide bonds. The molecule has 0 aliphatic rings. The van der Waals surface area contributed by atoms with Crippen LogP contribution in [0.1, 0.15) is 12.0 Å². The molecule has 15 heavy (non-hydrogen) atoms. The van der Waals surface area contributed by atoms with Gasteiger partial charge in [-0.25, -0.2) is 0 Å². The summed E-state index contributed by atoms with van der Waals surface area (Å²) >= 11 is 0. The molecule has 4 nitrogen and oxygen atoms in total. The van der Waals surface area contributed by atoms with Gasteiger partial charge in [-0.3, -0.25) is 4.79 Å². The molecule has 0 radical (unpaired) electrons. The lowest BCUT2D eigenvalue weighted by atomic mass is 10.2. The number of methoxy groups -OCH3 is 1. The van der Waals surface area contributed by atoms with Crippen molar-refractivity contribution in [3.05, 3.63) is 23.8 Å². The molecule has 0 saturated heterocycles. The maximum Gasteiger partial charge on any atom is 0.226 e. The maximum absolute atomic E-state index is 11.3. The molecule has 0 aliphatic heterocycles. The van der Waals surface area contributed by atoms with Gasteiger partial charge in [-0.2, -0.15) is 0 Å². The van der Waals surface area contributed by atoms with E-state index >= 15 is 0 Å². The zero-order chi connectivity index (χ0) is 11.3. The quantitative estimate of drug-likeness (QED) is 0.738. The summed E-state index contributed by atoms with van der Waals surface area (Å²) in [7, 11) is 1.57. The van der Waals surface area contributed by atoms with Crippen molar-refractivity contribution in [1.82, 2.24) is 0 Å². The number of carbonyl (C=O) groups excluding carboxylic acids is 1. The molecule has 0 fully saturated rings. The number of amides is 1. The fourth-order valence-electron chi connectivity index (χ4n) is 1.17. The molecule has 1 rings (SSSR count). The molecule has 82 valence electrons. The van der Waals surface area contributed by atoms with Crippen molar-refractivity contribution in [2.24, 2.45) is 0 Å². The Labute approximate surface area is 89.4 Å². The highest BCUT2D eigenvalue weighted by Gasteiger charge is 2.02. The highest BCUT2D eigenvalue weighted by Crippen LogP contribution is 2.16. The van der Waals surface area contributed by atoms with Crippen LogP contribution in [0.25, 0.3) is 0 Å². The smallest absolute Gasteiger partial charge is 0.226 e. The van der Waals surface area contributed by atoms with Gasteiger partial charge < -0.3 is 15.8 Å². The molecular formula is C11H16N2O2. The van der Waals surface area contributed by atoms with Crippen molar-refractivity contribution >= 4 is 17.3 Å². The number of carbonyl (C=O) groups is 1. The second kappa shape index (κ2) is 5.36. The number of benzene rings is 1. The SMILES string of the molecule is COCCC(=O)Nc1ccc(N)c(C)c1. The number of hydrogen-bond acceptors (Lipinski definition) is 3. The molecule has 0 heterocycles. The molecule has 0 bridgehead atoms. The van der Waals surface area contributed by atoms with Crippen molar-refractivity contribution in [2.45, 2.75) is 13.3 Å². The maximum atomic E-state index is 11.3. The fourth-order valence-corrected chi connectivity index (χ4v) is 1.17. The number of aryl methyl sites for hydroxylation is 1. The standard InChI is InChI=1S/C11H16N2O2/c1-8-7-9(3-4-10(8)12)13-11(14)5-6-15-2/h3-4,7H,5-6,12H2,1-2H3,(H,13,14). The van der Waals surface area contributed by atoms with Crippen molar-refractivity contribution in [3.8, 4) is 0 Å². The minimum absolute atomic E-state index is 0.0546. The first-order valence-corrected chi connectivity index (χ1v) is 4.78.